The van der Waals surface area contributed by atoms with E-state index in [0.717, 1.165) is 21.3 Å². The molecule has 0 saturated heterocycles. The minimum atomic E-state index is -0.249. The zero-order chi connectivity index (χ0) is 14.5. The zero-order valence-corrected chi connectivity index (χ0v) is 12.7. The molecule has 0 bridgehead atoms. The number of hydrogen-bond acceptors (Lipinski definition) is 3. The molecule has 20 heavy (non-hydrogen) atoms. The van der Waals surface area contributed by atoms with E-state index in [1.54, 1.807) is 13.2 Å². The molecule has 106 valence electrons. The Morgan fingerprint density at radius 2 is 2.10 bits per heavy atom. The van der Waals surface area contributed by atoms with Gasteiger partial charge in [0.2, 0.25) is 0 Å². The summed E-state index contributed by atoms with van der Waals surface area (Å²) in [5.41, 5.74) is 4.57. The van der Waals surface area contributed by atoms with Crippen molar-refractivity contribution in [2.45, 2.75) is 12.5 Å². The van der Waals surface area contributed by atoms with Crippen LogP contribution in [0.2, 0.25) is 0 Å². The molecule has 2 rings (SSSR count). The molecule has 0 aliphatic carbocycles. The van der Waals surface area contributed by atoms with Gasteiger partial charge >= 0.3 is 0 Å². The van der Waals surface area contributed by atoms with Crippen LogP contribution in [-0.2, 0) is 6.42 Å². The van der Waals surface area contributed by atoms with Gasteiger partial charge in [0.05, 0.1) is 13.2 Å². The number of halogens is 2. The SMILES string of the molecule is COc1cc(Br)ccc1C(Cc1cccc(F)c1)NN. The van der Waals surface area contributed by atoms with E-state index in [1.165, 1.54) is 12.1 Å². The van der Waals surface area contributed by atoms with Crippen LogP contribution in [0.5, 0.6) is 5.75 Å². The third kappa shape index (κ3) is 3.56. The van der Waals surface area contributed by atoms with Gasteiger partial charge in [-0.3, -0.25) is 11.3 Å². The van der Waals surface area contributed by atoms with E-state index in [4.69, 9.17) is 10.6 Å². The van der Waals surface area contributed by atoms with E-state index in [1.807, 2.05) is 24.3 Å². The second kappa shape index (κ2) is 6.83. The fraction of sp³-hybridized carbons (Fsp3) is 0.200. The molecule has 3 nitrogen and oxygen atoms in total. The number of benzene rings is 2. The number of rotatable bonds is 5. The number of hydrogen-bond donors (Lipinski definition) is 2. The number of ether oxygens (including phenoxy) is 1. The molecule has 2 aromatic carbocycles. The normalized spacial score (nSPS) is 12.2. The summed E-state index contributed by atoms with van der Waals surface area (Å²) in [6.07, 6.45) is 0.576. The topological polar surface area (TPSA) is 47.3 Å². The summed E-state index contributed by atoms with van der Waals surface area (Å²) >= 11 is 3.40. The van der Waals surface area contributed by atoms with E-state index in [2.05, 4.69) is 21.4 Å². The van der Waals surface area contributed by atoms with Crippen LogP contribution in [0.4, 0.5) is 4.39 Å². The molecule has 1 atom stereocenters. The Bertz CT molecular complexity index is 592. The summed E-state index contributed by atoms with van der Waals surface area (Å²) in [5.74, 6) is 6.13. The van der Waals surface area contributed by atoms with Gasteiger partial charge in [0.1, 0.15) is 11.6 Å². The lowest BCUT2D eigenvalue weighted by Gasteiger charge is -2.19. The number of nitrogens with one attached hydrogen (secondary N) is 1. The van der Waals surface area contributed by atoms with Crippen molar-refractivity contribution < 1.29 is 9.13 Å². The van der Waals surface area contributed by atoms with Crippen LogP contribution in [0, 0.1) is 5.82 Å². The Labute approximate surface area is 126 Å². The highest BCUT2D eigenvalue weighted by Gasteiger charge is 2.16. The van der Waals surface area contributed by atoms with Crippen molar-refractivity contribution in [1.29, 1.82) is 0 Å². The molecule has 0 aliphatic heterocycles. The van der Waals surface area contributed by atoms with Crippen molar-refractivity contribution >= 4 is 15.9 Å². The van der Waals surface area contributed by atoms with E-state index in [9.17, 15) is 4.39 Å². The lowest BCUT2D eigenvalue weighted by molar-refractivity contribution is 0.398. The van der Waals surface area contributed by atoms with Gasteiger partial charge in [-0.15, -0.1) is 0 Å². The van der Waals surface area contributed by atoms with Gasteiger partial charge < -0.3 is 4.74 Å². The zero-order valence-electron chi connectivity index (χ0n) is 11.1. The second-order valence-electron chi connectivity index (χ2n) is 4.44. The summed E-state index contributed by atoms with van der Waals surface area (Å²) in [7, 11) is 1.61. The Morgan fingerprint density at radius 3 is 2.75 bits per heavy atom. The molecule has 0 aromatic heterocycles. The van der Waals surface area contributed by atoms with Gasteiger partial charge in [-0.25, -0.2) is 4.39 Å². The fourth-order valence-electron chi connectivity index (χ4n) is 2.13. The predicted octanol–water partition coefficient (Wildman–Crippen LogP) is 3.34. The van der Waals surface area contributed by atoms with Gasteiger partial charge in [-0.05, 0) is 36.2 Å². The molecule has 0 spiro atoms. The molecule has 1 unspecified atom stereocenters. The van der Waals surface area contributed by atoms with E-state index in [0.29, 0.717) is 6.42 Å². The molecule has 0 fully saturated rings. The lowest BCUT2D eigenvalue weighted by atomic mass is 9.98. The summed E-state index contributed by atoms with van der Waals surface area (Å²) in [5, 5.41) is 0. The predicted molar refractivity (Wildman–Crippen MR) is 80.9 cm³/mol. The Hall–Kier alpha value is -1.43. The number of hydrazine groups is 1. The first-order chi connectivity index (χ1) is 9.63. The third-order valence-corrected chi connectivity index (χ3v) is 3.59. The largest absolute Gasteiger partial charge is 0.496 e. The quantitative estimate of drug-likeness (QED) is 0.649. The lowest BCUT2D eigenvalue weighted by Crippen LogP contribution is -2.30. The molecule has 0 heterocycles. The molecule has 0 amide bonds. The highest BCUT2D eigenvalue weighted by Crippen LogP contribution is 2.30. The minimum absolute atomic E-state index is 0.153. The highest BCUT2D eigenvalue weighted by atomic mass is 79.9. The maximum absolute atomic E-state index is 13.2. The van der Waals surface area contributed by atoms with Crippen LogP contribution in [-0.4, -0.2) is 7.11 Å². The Kier molecular flexibility index (Phi) is 5.11. The summed E-state index contributed by atoms with van der Waals surface area (Å²) in [6.45, 7) is 0. The van der Waals surface area contributed by atoms with Crippen molar-refractivity contribution in [2.75, 3.05) is 7.11 Å². The van der Waals surface area contributed by atoms with Crippen LogP contribution < -0.4 is 16.0 Å². The highest BCUT2D eigenvalue weighted by molar-refractivity contribution is 9.10. The van der Waals surface area contributed by atoms with Gasteiger partial charge in [0.25, 0.3) is 0 Å². The van der Waals surface area contributed by atoms with Crippen LogP contribution in [0.25, 0.3) is 0 Å². The molecule has 0 saturated carbocycles. The average molecular weight is 339 g/mol. The minimum Gasteiger partial charge on any atom is -0.496 e. The smallest absolute Gasteiger partial charge is 0.124 e. The van der Waals surface area contributed by atoms with Crippen LogP contribution in [0.3, 0.4) is 0 Å². The van der Waals surface area contributed by atoms with Crippen molar-refractivity contribution in [3.63, 3.8) is 0 Å². The molecule has 2 aromatic rings. The van der Waals surface area contributed by atoms with Crippen LogP contribution >= 0.6 is 15.9 Å². The van der Waals surface area contributed by atoms with Crippen molar-refractivity contribution in [3.8, 4) is 5.75 Å². The summed E-state index contributed by atoms with van der Waals surface area (Å²) < 4.78 is 19.5. The summed E-state index contributed by atoms with van der Waals surface area (Å²) in [4.78, 5) is 0. The van der Waals surface area contributed by atoms with Crippen molar-refractivity contribution in [2.24, 2.45) is 5.84 Å². The van der Waals surface area contributed by atoms with Gasteiger partial charge in [0.15, 0.2) is 0 Å². The van der Waals surface area contributed by atoms with E-state index >= 15 is 0 Å². The van der Waals surface area contributed by atoms with Gasteiger partial charge in [0, 0.05) is 10.0 Å². The van der Waals surface area contributed by atoms with Crippen molar-refractivity contribution in [3.05, 3.63) is 63.9 Å². The first-order valence-corrected chi connectivity index (χ1v) is 6.97. The second-order valence-corrected chi connectivity index (χ2v) is 5.36. The van der Waals surface area contributed by atoms with Crippen LogP contribution in [0.1, 0.15) is 17.2 Å². The van der Waals surface area contributed by atoms with E-state index in [-0.39, 0.29) is 11.9 Å². The first kappa shape index (κ1) is 15.0. The van der Waals surface area contributed by atoms with Gasteiger partial charge in [-0.2, -0.15) is 0 Å². The molecular formula is C15H16BrFN2O. The standard InChI is InChI=1S/C15H16BrFN2O/c1-20-15-9-11(16)5-6-13(15)14(19-18)8-10-3-2-4-12(17)7-10/h2-7,9,14,19H,8,18H2,1H3. The monoisotopic (exact) mass is 338 g/mol. The molecule has 5 heteroatoms. The van der Waals surface area contributed by atoms with Crippen LogP contribution in [0.15, 0.2) is 46.9 Å². The molecular weight excluding hydrogens is 323 g/mol. The molecule has 0 radical (unpaired) electrons. The fourth-order valence-corrected chi connectivity index (χ4v) is 2.47. The number of methoxy groups -OCH3 is 1. The van der Waals surface area contributed by atoms with E-state index < -0.39 is 0 Å². The third-order valence-electron chi connectivity index (χ3n) is 3.10. The molecule has 3 N–H and O–H groups in total. The maximum atomic E-state index is 13.2. The van der Waals surface area contributed by atoms with Gasteiger partial charge in [-0.1, -0.05) is 34.1 Å². The molecule has 0 aliphatic rings. The maximum Gasteiger partial charge on any atom is 0.124 e. The van der Waals surface area contributed by atoms with Crippen molar-refractivity contribution in [1.82, 2.24) is 5.43 Å². The Balaban J connectivity index is 2.28. The Morgan fingerprint density at radius 1 is 1.30 bits per heavy atom. The first-order valence-electron chi connectivity index (χ1n) is 6.18. The average Bonchev–Trinajstić information content (AvgIpc) is 2.45. The number of nitrogens with two attached hydrogens (primary N) is 1. The summed E-state index contributed by atoms with van der Waals surface area (Å²) in [6, 6.07) is 12.1.